The molecule has 0 saturated heterocycles. The lowest BCUT2D eigenvalue weighted by atomic mass is 10.0. The first-order chi connectivity index (χ1) is 10.5. The first-order valence-corrected chi connectivity index (χ1v) is 9.74. The van der Waals surface area contributed by atoms with E-state index in [2.05, 4.69) is 83.1 Å². The van der Waals surface area contributed by atoms with Gasteiger partial charge in [0.15, 0.2) is 0 Å². The van der Waals surface area contributed by atoms with E-state index < -0.39 is 0 Å². The number of aryl methyl sites for hydroxylation is 1. The maximum atomic E-state index is 2.30. The van der Waals surface area contributed by atoms with Crippen LogP contribution in [0.15, 0.2) is 54.6 Å². The molecule has 0 bridgehead atoms. The van der Waals surface area contributed by atoms with E-state index in [9.17, 15) is 0 Å². The van der Waals surface area contributed by atoms with Crippen molar-refractivity contribution in [2.45, 2.75) is 34.6 Å². The third kappa shape index (κ3) is 7.76. The van der Waals surface area contributed by atoms with Gasteiger partial charge in [-0.1, -0.05) is 82.3 Å². The topological polar surface area (TPSA) is 0 Å². The summed E-state index contributed by atoms with van der Waals surface area (Å²) in [5.41, 5.74) is 3.94. The van der Waals surface area contributed by atoms with Crippen LogP contribution in [0.3, 0.4) is 0 Å². The van der Waals surface area contributed by atoms with Crippen molar-refractivity contribution < 1.29 is 0 Å². The molecule has 0 saturated carbocycles. The maximum Gasteiger partial charge on any atom is -0.0155 e. The van der Waals surface area contributed by atoms with Crippen LogP contribution in [-0.2, 0) is 0 Å². The van der Waals surface area contributed by atoms with Crippen LogP contribution in [0.5, 0.6) is 0 Å². The van der Waals surface area contributed by atoms with Crippen LogP contribution in [-0.4, -0.2) is 12.3 Å². The molecule has 0 heterocycles. The Labute approximate surface area is 139 Å². The van der Waals surface area contributed by atoms with E-state index in [4.69, 9.17) is 0 Å². The average Bonchev–Trinajstić information content (AvgIpc) is 2.48. The molecule has 0 aliphatic rings. The molecule has 2 rings (SSSR count). The van der Waals surface area contributed by atoms with E-state index in [0.29, 0.717) is 0 Å². The van der Waals surface area contributed by atoms with Crippen molar-refractivity contribution in [1.82, 2.24) is 0 Å². The van der Waals surface area contributed by atoms with Crippen molar-refractivity contribution in [3.8, 4) is 11.1 Å². The van der Waals surface area contributed by atoms with E-state index >= 15 is 0 Å². The minimum Gasteiger partial charge on any atom is -0.122 e. The lowest BCUT2D eigenvalue weighted by molar-refractivity contribution is 0.725. The zero-order valence-electron chi connectivity index (χ0n) is 14.8. The van der Waals surface area contributed by atoms with Crippen molar-refractivity contribution in [3.05, 3.63) is 60.2 Å². The first-order valence-electron chi connectivity index (χ1n) is 8.32. The normalized spacial score (nSPS) is 10.5. The molecular weight excluding hydrogens is 283 g/mol. The molecule has 0 nitrogen and oxygen atoms in total. The fourth-order valence-corrected chi connectivity index (χ4v) is 3.50. The highest BCUT2D eigenvalue weighted by molar-refractivity contribution is 7.37. The van der Waals surface area contributed by atoms with Gasteiger partial charge < -0.3 is 0 Å². The smallest absolute Gasteiger partial charge is 0.0155 e. The van der Waals surface area contributed by atoms with Crippen LogP contribution in [0, 0.1) is 18.8 Å². The second-order valence-corrected chi connectivity index (χ2v) is 7.94. The second-order valence-electron chi connectivity index (χ2n) is 6.63. The van der Waals surface area contributed by atoms with Crippen molar-refractivity contribution in [2.75, 3.05) is 12.3 Å². The van der Waals surface area contributed by atoms with E-state index in [1.165, 1.54) is 37.6 Å². The predicted octanol–water partition coefficient (Wildman–Crippen LogP) is 6.64. The molecule has 2 aromatic rings. The molecule has 0 aliphatic carbocycles. The Morgan fingerprint density at radius 2 is 1.23 bits per heavy atom. The van der Waals surface area contributed by atoms with Gasteiger partial charge in [-0.05, 0) is 47.8 Å². The molecular formula is C21H31P. The highest BCUT2D eigenvalue weighted by atomic mass is 31.1. The van der Waals surface area contributed by atoms with Crippen LogP contribution in [0.1, 0.15) is 33.3 Å². The number of rotatable bonds is 5. The van der Waals surface area contributed by atoms with Crippen LogP contribution >= 0.6 is 8.58 Å². The van der Waals surface area contributed by atoms with Gasteiger partial charge >= 0.3 is 0 Å². The number of hydrogen-bond acceptors (Lipinski definition) is 0. The van der Waals surface area contributed by atoms with Gasteiger partial charge in [0, 0.05) is 0 Å². The fourth-order valence-electron chi connectivity index (χ4n) is 2.18. The van der Waals surface area contributed by atoms with Crippen LogP contribution in [0.25, 0.3) is 11.1 Å². The summed E-state index contributed by atoms with van der Waals surface area (Å²) in [6, 6.07) is 18.9. The molecule has 22 heavy (non-hydrogen) atoms. The van der Waals surface area contributed by atoms with Gasteiger partial charge in [0.05, 0.1) is 0 Å². The van der Waals surface area contributed by atoms with Gasteiger partial charge in [0.25, 0.3) is 0 Å². The molecule has 0 atom stereocenters. The second kappa shape index (κ2) is 10.6. The Morgan fingerprint density at radius 3 is 1.73 bits per heavy atom. The molecule has 2 aromatic carbocycles. The van der Waals surface area contributed by atoms with E-state index in [1.54, 1.807) is 0 Å². The van der Waals surface area contributed by atoms with Crippen LogP contribution < -0.4 is 0 Å². The lowest BCUT2D eigenvalue weighted by Crippen LogP contribution is -1.94. The van der Waals surface area contributed by atoms with Gasteiger partial charge in [0.2, 0.25) is 0 Å². The monoisotopic (exact) mass is 314 g/mol. The fraction of sp³-hybridized carbons (Fsp3) is 0.429. The van der Waals surface area contributed by atoms with E-state index in [-0.39, 0.29) is 0 Å². The zero-order valence-corrected chi connectivity index (χ0v) is 15.8. The highest BCUT2D eigenvalue weighted by Gasteiger charge is 1.98. The summed E-state index contributed by atoms with van der Waals surface area (Å²) in [4.78, 5) is 0. The van der Waals surface area contributed by atoms with Crippen molar-refractivity contribution in [1.29, 1.82) is 0 Å². The minimum absolute atomic E-state index is 0.905. The molecule has 0 aliphatic heterocycles. The number of hydrogen-bond donors (Lipinski definition) is 0. The summed E-state index contributed by atoms with van der Waals surface area (Å²) in [7, 11) is 1.19. The molecule has 0 fully saturated rings. The molecule has 120 valence electrons. The largest absolute Gasteiger partial charge is 0.122 e. The van der Waals surface area contributed by atoms with Gasteiger partial charge in [-0.15, -0.1) is 8.58 Å². The SMILES string of the molecule is CC(C)CPCC(C)C.Cc1ccccc1-c1ccccc1. The molecule has 0 amide bonds. The van der Waals surface area contributed by atoms with Crippen LogP contribution in [0.4, 0.5) is 0 Å². The Morgan fingerprint density at radius 1 is 0.727 bits per heavy atom. The van der Waals surface area contributed by atoms with Crippen LogP contribution in [0.2, 0.25) is 0 Å². The summed E-state index contributed by atoms with van der Waals surface area (Å²) in [5, 5.41) is 0. The van der Waals surface area contributed by atoms with Gasteiger partial charge in [-0.25, -0.2) is 0 Å². The van der Waals surface area contributed by atoms with Gasteiger partial charge in [-0.3, -0.25) is 0 Å². The first kappa shape index (κ1) is 18.9. The summed E-state index contributed by atoms with van der Waals surface area (Å²) in [5.74, 6) is 1.81. The highest BCUT2D eigenvalue weighted by Crippen LogP contribution is 2.22. The minimum atomic E-state index is 0.905. The lowest BCUT2D eigenvalue weighted by Gasteiger charge is -2.06. The number of benzene rings is 2. The van der Waals surface area contributed by atoms with Crippen molar-refractivity contribution in [3.63, 3.8) is 0 Å². The van der Waals surface area contributed by atoms with Gasteiger partial charge in [-0.2, -0.15) is 0 Å². The molecule has 0 aromatic heterocycles. The third-order valence-electron chi connectivity index (χ3n) is 3.34. The molecule has 1 heteroatoms. The maximum absolute atomic E-state index is 2.30. The summed E-state index contributed by atoms with van der Waals surface area (Å²) in [6.07, 6.45) is 2.86. The summed E-state index contributed by atoms with van der Waals surface area (Å²) in [6.45, 7) is 11.3. The zero-order chi connectivity index (χ0) is 16.4. The summed E-state index contributed by atoms with van der Waals surface area (Å²) >= 11 is 0. The van der Waals surface area contributed by atoms with Crippen molar-refractivity contribution >= 4 is 8.58 Å². The predicted molar refractivity (Wildman–Crippen MR) is 104 cm³/mol. The Kier molecular flexibility index (Phi) is 9.09. The molecule has 0 unspecified atom stereocenters. The standard InChI is InChI=1S/C13H12.C8H19P/c1-11-7-5-6-10-13(11)12-8-3-2-4-9-12;1-7(2)5-9-6-8(3)4/h2-10H,1H3;7-9H,5-6H2,1-4H3. The Hall–Kier alpha value is -1.13. The third-order valence-corrected chi connectivity index (χ3v) is 5.55. The van der Waals surface area contributed by atoms with E-state index in [0.717, 1.165) is 11.8 Å². The Balaban J connectivity index is 0.000000239. The molecule has 0 spiro atoms. The summed E-state index contributed by atoms with van der Waals surface area (Å²) < 4.78 is 0. The quantitative estimate of drug-likeness (QED) is 0.543. The Bertz CT molecular complexity index is 506. The molecule has 0 N–H and O–H groups in total. The van der Waals surface area contributed by atoms with Crippen molar-refractivity contribution in [2.24, 2.45) is 11.8 Å². The van der Waals surface area contributed by atoms with E-state index in [1.807, 2.05) is 6.07 Å². The average molecular weight is 314 g/mol. The van der Waals surface area contributed by atoms with Gasteiger partial charge in [0.1, 0.15) is 0 Å². The molecule has 0 radical (unpaired) electrons.